The number of aromatic nitrogens is 4. The molecule has 1 atom stereocenters. The number of nitrogens with zero attached hydrogens (tertiary/aromatic N) is 5. The predicted molar refractivity (Wildman–Crippen MR) is 114 cm³/mol. The fourth-order valence-electron chi connectivity index (χ4n) is 4.79. The summed E-state index contributed by atoms with van der Waals surface area (Å²) in [6.07, 6.45) is 10.7. The molecule has 0 bridgehead atoms. The van der Waals surface area contributed by atoms with E-state index in [-0.39, 0.29) is 6.23 Å². The van der Waals surface area contributed by atoms with Gasteiger partial charge in [-0.3, -0.25) is 0 Å². The number of anilines is 1. The molecule has 1 aromatic carbocycles. The maximum absolute atomic E-state index is 5.86. The minimum absolute atomic E-state index is 0.00537. The van der Waals surface area contributed by atoms with Crippen LogP contribution < -0.4 is 4.90 Å². The van der Waals surface area contributed by atoms with E-state index in [1.165, 1.54) is 42.4 Å². The van der Waals surface area contributed by atoms with Gasteiger partial charge in [-0.2, -0.15) is 5.10 Å². The van der Waals surface area contributed by atoms with Crippen molar-refractivity contribution in [1.29, 1.82) is 0 Å². The topological polar surface area (TPSA) is 56.1 Å². The summed E-state index contributed by atoms with van der Waals surface area (Å²) in [4.78, 5) is 11.8. The number of aryl methyl sites for hydroxylation is 2. The third kappa shape index (κ3) is 3.50. The third-order valence-corrected chi connectivity index (χ3v) is 6.43. The first kappa shape index (κ1) is 18.6. The monoisotopic (exact) mass is 391 g/mol. The van der Waals surface area contributed by atoms with Gasteiger partial charge in [-0.15, -0.1) is 0 Å². The zero-order valence-electron chi connectivity index (χ0n) is 17.3. The molecule has 2 aromatic heterocycles. The first-order valence-corrected chi connectivity index (χ1v) is 10.8. The molecular weight excluding hydrogens is 362 g/mol. The molecular formula is C23H29N5O. The maximum atomic E-state index is 5.86. The molecule has 0 amide bonds. The van der Waals surface area contributed by atoms with E-state index < -0.39 is 0 Å². The highest BCUT2D eigenvalue weighted by atomic mass is 16.5. The SMILES string of the molecule is Cc1ccc(C)c(CN(c2ncnc3c2cnn3C2CCCO2)C2CCCC2)c1. The second-order valence-electron chi connectivity index (χ2n) is 8.49. The Kier molecular flexibility index (Phi) is 4.96. The van der Waals surface area contributed by atoms with Crippen molar-refractivity contribution in [2.75, 3.05) is 11.5 Å². The van der Waals surface area contributed by atoms with Gasteiger partial charge >= 0.3 is 0 Å². The Morgan fingerprint density at radius 1 is 1.10 bits per heavy atom. The normalized spacial score (nSPS) is 20.0. The van der Waals surface area contributed by atoms with Crippen molar-refractivity contribution in [2.24, 2.45) is 0 Å². The molecule has 1 aliphatic heterocycles. The van der Waals surface area contributed by atoms with E-state index in [1.807, 2.05) is 10.9 Å². The maximum Gasteiger partial charge on any atom is 0.165 e. The Balaban J connectivity index is 1.57. The van der Waals surface area contributed by atoms with E-state index in [4.69, 9.17) is 9.72 Å². The van der Waals surface area contributed by atoms with Gasteiger partial charge in [-0.25, -0.2) is 14.6 Å². The molecule has 2 fully saturated rings. The molecule has 3 heterocycles. The molecule has 152 valence electrons. The number of fused-ring (bicyclic) bond motifs is 1. The van der Waals surface area contributed by atoms with E-state index in [9.17, 15) is 0 Å². The Hall–Kier alpha value is -2.47. The third-order valence-electron chi connectivity index (χ3n) is 6.43. The van der Waals surface area contributed by atoms with Crippen molar-refractivity contribution >= 4 is 16.9 Å². The van der Waals surface area contributed by atoms with Crippen LogP contribution in [0.1, 0.15) is 61.4 Å². The zero-order valence-corrected chi connectivity index (χ0v) is 17.3. The van der Waals surface area contributed by atoms with E-state index in [0.29, 0.717) is 6.04 Å². The van der Waals surface area contributed by atoms with Crippen LogP contribution in [-0.2, 0) is 11.3 Å². The van der Waals surface area contributed by atoms with Gasteiger partial charge in [0.15, 0.2) is 11.9 Å². The minimum atomic E-state index is -0.00537. The smallest absolute Gasteiger partial charge is 0.165 e. The minimum Gasteiger partial charge on any atom is -0.356 e. The van der Waals surface area contributed by atoms with Crippen LogP contribution >= 0.6 is 0 Å². The molecule has 2 aliphatic rings. The van der Waals surface area contributed by atoms with E-state index in [1.54, 1.807) is 6.33 Å². The first-order chi connectivity index (χ1) is 14.2. The number of ether oxygens (including phenoxy) is 1. The predicted octanol–water partition coefficient (Wildman–Crippen LogP) is 4.70. The van der Waals surface area contributed by atoms with Gasteiger partial charge in [-0.1, -0.05) is 36.6 Å². The summed E-state index contributed by atoms with van der Waals surface area (Å²) in [5.74, 6) is 1.01. The van der Waals surface area contributed by atoms with Crippen molar-refractivity contribution in [3.05, 3.63) is 47.4 Å². The van der Waals surface area contributed by atoms with Crippen LogP contribution in [0, 0.1) is 13.8 Å². The van der Waals surface area contributed by atoms with Gasteiger partial charge < -0.3 is 9.64 Å². The van der Waals surface area contributed by atoms with Gasteiger partial charge in [-0.05, 0) is 50.7 Å². The van der Waals surface area contributed by atoms with Gasteiger partial charge in [0.1, 0.15) is 12.1 Å². The van der Waals surface area contributed by atoms with Crippen molar-refractivity contribution < 1.29 is 4.74 Å². The van der Waals surface area contributed by atoms with Crippen LogP contribution in [0.25, 0.3) is 11.0 Å². The van der Waals surface area contributed by atoms with Gasteiger partial charge in [0.05, 0.1) is 11.6 Å². The highest BCUT2D eigenvalue weighted by molar-refractivity contribution is 5.87. The average molecular weight is 392 g/mol. The second-order valence-corrected chi connectivity index (χ2v) is 8.49. The number of rotatable bonds is 5. The zero-order chi connectivity index (χ0) is 19.8. The molecule has 1 saturated heterocycles. The Bertz CT molecular complexity index is 1000. The van der Waals surface area contributed by atoms with Crippen LogP contribution in [0.2, 0.25) is 0 Å². The lowest BCUT2D eigenvalue weighted by atomic mass is 10.0. The van der Waals surface area contributed by atoms with Crippen LogP contribution in [0.15, 0.2) is 30.7 Å². The Labute approximate surface area is 171 Å². The molecule has 1 unspecified atom stereocenters. The molecule has 6 nitrogen and oxygen atoms in total. The summed E-state index contributed by atoms with van der Waals surface area (Å²) in [6.45, 7) is 6.03. The van der Waals surface area contributed by atoms with Crippen LogP contribution in [0.3, 0.4) is 0 Å². The molecule has 3 aromatic rings. The highest BCUT2D eigenvalue weighted by Gasteiger charge is 2.28. The fourth-order valence-corrected chi connectivity index (χ4v) is 4.79. The largest absolute Gasteiger partial charge is 0.356 e. The fraction of sp³-hybridized carbons (Fsp3) is 0.522. The first-order valence-electron chi connectivity index (χ1n) is 10.8. The van der Waals surface area contributed by atoms with E-state index >= 15 is 0 Å². The Morgan fingerprint density at radius 3 is 2.76 bits per heavy atom. The molecule has 0 radical (unpaired) electrons. The summed E-state index contributed by atoms with van der Waals surface area (Å²) < 4.78 is 7.80. The molecule has 1 saturated carbocycles. The molecule has 6 heteroatoms. The van der Waals surface area contributed by atoms with Crippen LogP contribution in [0.5, 0.6) is 0 Å². The van der Waals surface area contributed by atoms with Crippen molar-refractivity contribution in [1.82, 2.24) is 19.7 Å². The van der Waals surface area contributed by atoms with Crippen LogP contribution in [-0.4, -0.2) is 32.4 Å². The van der Waals surface area contributed by atoms with Crippen molar-refractivity contribution in [3.8, 4) is 0 Å². The lowest BCUT2D eigenvalue weighted by Crippen LogP contribution is -2.34. The lowest BCUT2D eigenvalue weighted by Gasteiger charge is -2.31. The molecule has 0 spiro atoms. The molecule has 1 aliphatic carbocycles. The molecule has 5 rings (SSSR count). The van der Waals surface area contributed by atoms with Crippen LogP contribution in [0.4, 0.5) is 5.82 Å². The van der Waals surface area contributed by atoms with Gasteiger partial charge in [0.25, 0.3) is 0 Å². The van der Waals surface area contributed by atoms with Gasteiger partial charge in [0.2, 0.25) is 0 Å². The summed E-state index contributed by atoms with van der Waals surface area (Å²) in [5.41, 5.74) is 4.89. The lowest BCUT2D eigenvalue weighted by molar-refractivity contribution is 0.0498. The van der Waals surface area contributed by atoms with Crippen molar-refractivity contribution in [3.63, 3.8) is 0 Å². The highest BCUT2D eigenvalue weighted by Crippen LogP contribution is 2.34. The van der Waals surface area contributed by atoms with Crippen molar-refractivity contribution in [2.45, 2.75) is 71.2 Å². The summed E-state index contributed by atoms with van der Waals surface area (Å²) >= 11 is 0. The average Bonchev–Trinajstić information content (AvgIpc) is 3.48. The van der Waals surface area contributed by atoms with E-state index in [2.05, 4.69) is 47.0 Å². The summed E-state index contributed by atoms with van der Waals surface area (Å²) in [7, 11) is 0. The quantitative estimate of drug-likeness (QED) is 0.631. The summed E-state index contributed by atoms with van der Waals surface area (Å²) in [6, 6.07) is 7.24. The Morgan fingerprint density at radius 2 is 1.97 bits per heavy atom. The number of hydrogen-bond donors (Lipinski definition) is 0. The number of hydrogen-bond acceptors (Lipinski definition) is 5. The van der Waals surface area contributed by atoms with E-state index in [0.717, 1.165) is 42.8 Å². The second kappa shape index (κ2) is 7.75. The summed E-state index contributed by atoms with van der Waals surface area (Å²) in [5, 5.41) is 5.68. The van der Waals surface area contributed by atoms with Gasteiger partial charge in [0, 0.05) is 19.2 Å². The standard InChI is InChI=1S/C23H29N5O/c1-16-9-10-17(2)18(12-16)14-27(19-6-3-4-7-19)22-20-13-26-28(21-8-5-11-29-21)23(20)25-15-24-22/h9-10,12-13,15,19,21H,3-8,11,14H2,1-2H3. The number of benzene rings is 1. The molecule has 0 N–H and O–H groups in total. The molecule has 29 heavy (non-hydrogen) atoms.